The fourth-order valence-electron chi connectivity index (χ4n) is 0.841. The van der Waals surface area contributed by atoms with Crippen LogP contribution in [0.2, 0.25) is 0 Å². The summed E-state index contributed by atoms with van der Waals surface area (Å²) in [5, 5.41) is 0. The van der Waals surface area contributed by atoms with Crippen LogP contribution >= 0.6 is 0 Å². The molecule has 1 unspecified atom stereocenters. The molecule has 80 valence electrons. The van der Waals surface area contributed by atoms with Gasteiger partial charge in [-0.05, 0) is 13.3 Å². The molecule has 0 saturated heterocycles. The smallest absolute Gasteiger partial charge is 0.313 e. The van der Waals surface area contributed by atoms with Crippen LogP contribution in [0.15, 0.2) is 12.8 Å². The summed E-state index contributed by atoms with van der Waals surface area (Å²) in [6, 6.07) is 0. The van der Waals surface area contributed by atoms with Crippen LogP contribution < -0.4 is 0 Å². The Labute approximate surface area is 83.9 Å². The Balaban J connectivity index is 3.85. The Hall–Kier alpha value is -1.32. The van der Waals surface area contributed by atoms with Gasteiger partial charge in [0, 0.05) is 0 Å². The fourth-order valence-corrected chi connectivity index (χ4v) is 0.841. The maximum Gasteiger partial charge on any atom is 0.313 e. The zero-order valence-electron chi connectivity index (χ0n) is 8.62. The lowest BCUT2D eigenvalue weighted by atomic mass is 10.3. The van der Waals surface area contributed by atoms with Crippen molar-refractivity contribution in [2.75, 3.05) is 6.61 Å². The first-order valence-corrected chi connectivity index (χ1v) is 4.51. The number of esters is 1. The minimum atomic E-state index is -0.503. The number of hydrogen-bond donors (Lipinski definition) is 0. The van der Waals surface area contributed by atoms with E-state index < -0.39 is 5.97 Å². The molecule has 0 radical (unpaired) electrons. The number of ketones is 1. The summed E-state index contributed by atoms with van der Waals surface area (Å²) in [5.74, 6) is -0.702. The molecule has 0 aromatic heterocycles. The van der Waals surface area contributed by atoms with Crippen molar-refractivity contribution in [1.29, 1.82) is 0 Å². The van der Waals surface area contributed by atoms with E-state index in [1.807, 2.05) is 6.92 Å². The van der Waals surface area contributed by atoms with Crippen LogP contribution in [-0.2, 0) is 19.1 Å². The van der Waals surface area contributed by atoms with E-state index in [-0.39, 0.29) is 24.9 Å². The third-order valence-electron chi connectivity index (χ3n) is 1.55. The highest BCUT2D eigenvalue weighted by Crippen LogP contribution is 2.01. The van der Waals surface area contributed by atoms with Gasteiger partial charge in [0.25, 0.3) is 0 Å². The summed E-state index contributed by atoms with van der Waals surface area (Å²) in [5.41, 5.74) is 0. The van der Waals surface area contributed by atoms with Crippen molar-refractivity contribution in [2.24, 2.45) is 0 Å². The molecule has 0 heterocycles. The van der Waals surface area contributed by atoms with Crippen molar-refractivity contribution in [2.45, 2.75) is 32.8 Å². The third-order valence-corrected chi connectivity index (χ3v) is 1.55. The quantitative estimate of drug-likeness (QED) is 0.354. The molecule has 0 spiro atoms. The van der Waals surface area contributed by atoms with Crippen LogP contribution in [0.5, 0.6) is 0 Å². The van der Waals surface area contributed by atoms with Gasteiger partial charge in [-0.1, -0.05) is 13.5 Å². The standard InChI is InChI=1S/C10H16O4/c1-4-9(7-13-5-2)14-10(12)6-8(3)11/h5,9H,2,4,6-7H2,1,3H3. The van der Waals surface area contributed by atoms with E-state index in [4.69, 9.17) is 9.47 Å². The number of carbonyl (C=O) groups is 2. The van der Waals surface area contributed by atoms with Gasteiger partial charge in [0.2, 0.25) is 0 Å². The van der Waals surface area contributed by atoms with Crippen LogP contribution in [0.3, 0.4) is 0 Å². The van der Waals surface area contributed by atoms with Gasteiger partial charge in [0.1, 0.15) is 24.9 Å². The van der Waals surface area contributed by atoms with Crippen LogP contribution in [0.4, 0.5) is 0 Å². The molecule has 0 aliphatic rings. The first-order chi connectivity index (χ1) is 6.60. The zero-order chi connectivity index (χ0) is 11.0. The average Bonchev–Trinajstić information content (AvgIpc) is 2.10. The van der Waals surface area contributed by atoms with Gasteiger partial charge < -0.3 is 9.47 Å². The maximum atomic E-state index is 11.1. The van der Waals surface area contributed by atoms with Crippen LogP contribution in [-0.4, -0.2) is 24.5 Å². The number of rotatable bonds is 7. The molecule has 0 saturated carbocycles. The predicted octanol–water partition coefficient (Wildman–Crippen LogP) is 1.45. The van der Waals surface area contributed by atoms with Gasteiger partial charge in [0.05, 0.1) is 6.26 Å². The molecular formula is C10H16O4. The molecule has 0 aromatic rings. The summed E-state index contributed by atoms with van der Waals surface area (Å²) in [6.45, 7) is 6.88. The molecule has 4 heteroatoms. The van der Waals surface area contributed by atoms with Gasteiger partial charge in [-0.15, -0.1) is 0 Å². The van der Waals surface area contributed by atoms with E-state index in [9.17, 15) is 9.59 Å². The lowest BCUT2D eigenvalue weighted by Gasteiger charge is -2.14. The highest BCUT2D eigenvalue weighted by molar-refractivity contribution is 5.94. The lowest BCUT2D eigenvalue weighted by molar-refractivity contribution is -0.152. The average molecular weight is 200 g/mol. The van der Waals surface area contributed by atoms with Crippen molar-refractivity contribution in [1.82, 2.24) is 0 Å². The summed E-state index contributed by atoms with van der Waals surface area (Å²) >= 11 is 0. The molecule has 0 aromatic carbocycles. The van der Waals surface area contributed by atoms with Gasteiger partial charge in [-0.25, -0.2) is 0 Å². The molecule has 0 rings (SSSR count). The molecular weight excluding hydrogens is 184 g/mol. The van der Waals surface area contributed by atoms with Gasteiger partial charge in [-0.3, -0.25) is 9.59 Å². The number of hydrogen-bond acceptors (Lipinski definition) is 4. The molecule has 1 atom stereocenters. The molecule has 4 nitrogen and oxygen atoms in total. The molecule has 0 bridgehead atoms. The normalized spacial score (nSPS) is 11.6. The van der Waals surface area contributed by atoms with E-state index in [1.165, 1.54) is 13.2 Å². The largest absolute Gasteiger partial charge is 0.498 e. The third kappa shape index (κ3) is 6.22. The first-order valence-electron chi connectivity index (χ1n) is 4.51. The van der Waals surface area contributed by atoms with Gasteiger partial charge >= 0.3 is 5.97 Å². The van der Waals surface area contributed by atoms with Crippen molar-refractivity contribution < 1.29 is 19.1 Å². The Morgan fingerprint density at radius 3 is 2.57 bits per heavy atom. The second kappa shape index (κ2) is 7.12. The number of carbonyl (C=O) groups excluding carboxylic acids is 2. The van der Waals surface area contributed by atoms with Crippen molar-refractivity contribution in [3.63, 3.8) is 0 Å². The number of ether oxygens (including phenoxy) is 2. The summed E-state index contributed by atoms with van der Waals surface area (Å²) in [4.78, 5) is 21.7. The minimum absolute atomic E-state index is 0.176. The molecule has 0 aliphatic carbocycles. The van der Waals surface area contributed by atoms with Crippen LogP contribution in [0, 0.1) is 0 Å². The second-order valence-corrected chi connectivity index (χ2v) is 2.90. The van der Waals surface area contributed by atoms with Gasteiger partial charge in [-0.2, -0.15) is 0 Å². The fraction of sp³-hybridized carbons (Fsp3) is 0.600. The number of Topliss-reactive ketones (excluding diaryl/α,β-unsaturated/α-hetero) is 1. The van der Waals surface area contributed by atoms with E-state index in [0.717, 1.165) is 0 Å². The van der Waals surface area contributed by atoms with E-state index in [0.29, 0.717) is 6.42 Å². The topological polar surface area (TPSA) is 52.6 Å². The molecule has 14 heavy (non-hydrogen) atoms. The molecule has 0 N–H and O–H groups in total. The summed E-state index contributed by atoms with van der Waals surface area (Å²) in [6.07, 6.45) is 1.46. The Morgan fingerprint density at radius 2 is 2.14 bits per heavy atom. The predicted molar refractivity (Wildman–Crippen MR) is 51.6 cm³/mol. The maximum absolute atomic E-state index is 11.1. The molecule has 0 fully saturated rings. The van der Waals surface area contributed by atoms with E-state index >= 15 is 0 Å². The van der Waals surface area contributed by atoms with Gasteiger partial charge in [0.15, 0.2) is 0 Å². The zero-order valence-corrected chi connectivity index (χ0v) is 8.62. The lowest BCUT2D eigenvalue weighted by Crippen LogP contribution is -2.23. The SMILES string of the molecule is C=COCC(CC)OC(=O)CC(C)=O. The summed E-state index contributed by atoms with van der Waals surface area (Å²) < 4.78 is 9.87. The monoisotopic (exact) mass is 200 g/mol. The van der Waals surface area contributed by atoms with Crippen molar-refractivity contribution in [3.8, 4) is 0 Å². The van der Waals surface area contributed by atoms with E-state index in [1.54, 1.807) is 0 Å². The molecule has 0 aliphatic heterocycles. The second-order valence-electron chi connectivity index (χ2n) is 2.90. The Bertz CT molecular complexity index is 210. The van der Waals surface area contributed by atoms with Crippen molar-refractivity contribution in [3.05, 3.63) is 12.8 Å². The van der Waals surface area contributed by atoms with Crippen LogP contribution in [0.1, 0.15) is 26.7 Å². The Kier molecular flexibility index (Phi) is 6.45. The molecule has 0 amide bonds. The minimum Gasteiger partial charge on any atom is -0.498 e. The first kappa shape index (κ1) is 12.7. The Morgan fingerprint density at radius 1 is 1.50 bits per heavy atom. The highest BCUT2D eigenvalue weighted by Gasteiger charge is 2.13. The van der Waals surface area contributed by atoms with E-state index in [2.05, 4.69) is 6.58 Å². The summed E-state index contributed by atoms with van der Waals surface area (Å²) in [7, 11) is 0. The highest BCUT2D eigenvalue weighted by atomic mass is 16.6. The van der Waals surface area contributed by atoms with Crippen LogP contribution in [0.25, 0.3) is 0 Å². The van der Waals surface area contributed by atoms with Crippen molar-refractivity contribution >= 4 is 11.8 Å².